The summed E-state index contributed by atoms with van der Waals surface area (Å²) in [4.78, 5) is 0. The molecule has 0 N–H and O–H groups in total. The Labute approximate surface area is 91.2 Å². The molecule has 0 aromatic heterocycles. The second-order valence-electron chi connectivity index (χ2n) is 3.70. The highest BCUT2D eigenvalue weighted by molar-refractivity contribution is 6.84. The van der Waals surface area contributed by atoms with Crippen LogP contribution in [0, 0.1) is 0 Å². The molecule has 15 heavy (non-hydrogen) atoms. The minimum Gasteiger partial charge on any atom is -0.0877 e. The van der Waals surface area contributed by atoms with Crippen LogP contribution >= 0.6 is 0 Å². The highest BCUT2D eigenvalue weighted by Crippen LogP contribution is 2.13. The van der Waals surface area contributed by atoms with E-state index in [1.165, 1.54) is 16.0 Å². The van der Waals surface area contributed by atoms with Crippen LogP contribution in [0.1, 0.15) is 0 Å². The van der Waals surface area contributed by atoms with Crippen LogP contribution in [0.4, 0.5) is 0 Å². The maximum Gasteiger partial charge on any atom is 0.140 e. The van der Waals surface area contributed by atoms with Crippen molar-refractivity contribution in [1.29, 1.82) is 0 Å². The van der Waals surface area contributed by atoms with Gasteiger partial charge in [-0.05, 0) is 16.0 Å². The minimum atomic E-state index is -0.576. The number of fused-ring (bicyclic) bond motifs is 1. The van der Waals surface area contributed by atoms with Crippen LogP contribution in [0.25, 0.3) is 10.8 Å². The number of allylic oxidation sites excluding steroid dienone is 2. The van der Waals surface area contributed by atoms with Gasteiger partial charge in [0, 0.05) is 0 Å². The average molecular weight is 207 g/mol. The van der Waals surface area contributed by atoms with E-state index >= 15 is 0 Å². The molecule has 1 heteroatoms. The summed E-state index contributed by atoms with van der Waals surface area (Å²) < 4.78 is 0. The Kier molecular flexibility index (Phi) is 2.04. The summed E-state index contributed by atoms with van der Waals surface area (Å²) in [5.74, 6) is 0. The van der Waals surface area contributed by atoms with Crippen molar-refractivity contribution in [2.24, 2.45) is 0 Å². The summed E-state index contributed by atoms with van der Waals surface area (Å²) in [6, 6.07) is 15.2. The van der Waals surface area contributed by atoms with Gasteiger partial charge in [-0.25, -0.2) is 0 Å². The standard InChI is InChI=1S/C14H11Si/c1-2-8-13-12(6-1)7-5-9-14(13)15-10-3-4-11-15/h1-11H. The third-order valence-corrected chi connectivity index (χ3v) is 4.92. The van der Waals surface area contributed by atoms with Gasteiger partial charge in [-0.1, -0.05) is 66.0 Å². The highest BCUT2D eigenvalue weighted by atomic mass is 28.3. The van der Waals surface area contributed by atoms with E-state index in [9.17, 15) is 0 Å². The van der Waals surface area contributed by atoms with Gasteiger partial charge in [-0.2, -0.15) is 0 Å². The lowest BCUT2D eigenvalue weighted by molar-refractivity contribution is 1.78. The number of benzene rings is 2. The molecule has 0 fully saturated rings. The minimum absolute atomic E-state index is 0.576. The van der Waals surface area contributed by atoms with Gasteiger partial charge in [0.1, 0.15) is 8.80 Å². The first-order valence-electron chi connectivity index (χ1n) is 5.15. The molecule has 0 spiro atoms. The second-order valence-corrected chi connectivity index (χ2v) is 5.82. The Hall–Kier alpha value is -1.60. The summed E-state index contributed by atoms with van der Waals surface area (Å²) in [7, 11) is -0.576. The van der Waals surface area contributed by atoms with E-state index in [0.29, 0.717) is 0 Å². The van der Waals surface area contributed by atoms with E-state index in [2.05, 4.69) is 66.0 Å². The number of rotatable bonds is 1. The lowest BCUT2D eigenvalue weighted by Crippen LogP contribution is -2.25. The summed E-state index contributed by atoms with van der Waals surface area (Å²) in [5, 5.41) is 4.26. The Balaban J connectivity index is 2.26. The van der Waals surface area contributed by atoms with Gasteiger partial charge in [0.2, 0.25) is 0 Å². The first kappa shape index (κ1) is 8.68. The van der Waals surface area contributed by atoms with Crippen LogP contribution in [0.3, 0.4) is 0 Å². The first-order valence-corrected chi connectivity index (χ1v) is 6.80. The van der Waals surface area contributed by atoms with Crippen molar-refractivity contribution in [3.63, 3.8) is 0 Å². The van der Waals surface area contributed by atoms with Crippen LogP contribution in [-0.4, -0.2) is 8.80 Å². The van der Waals surface area contributed by atoms with Gasteiger partial charge < -0.3 is 0 Å². The molecule has 0 saturated carbocycles. The summed E-state index contributed by atoms with van der Waals surface area (Å²) in [6.07, 6.45) is 4.33. The molecule has 0 bridgehead atoms. The van der Waals surface area contributed by atoms with Crippen molar-refractivity contribution < 1.29 is 0 Å². The van der Waals surface area contributed by atoms with Gasteiger partial charge in [0.25, 0.3) is 0 Å². The molecule has 0 unspecified atom stereocenters. The van der Waals surface area contributed by atoms with E-state index in [1.54, 1.807) is 0 Å². The molecule has 1 aliphatic heterocycles. The zero-order chi connectivity index (χ0) is 10.1. The third-order valence-electron chi connectivity index (χ3n) is 2.76. The Morgan fingerprint density at radius 2 is 1.47 bits per heavy atom. The van der Waals surface area contributed by atoms with Crippen molar-refractivity contribution >= 4 is 24.8 Å². The molecule has 71 valence electrons. The summed E-state index contributed by atoms with van der Waals surface area (Å²) in [5.41, 5.74) is 4.68. The van der Waals surface area contributed by atoms with E-state index in [-0.39, 0.29) is 0 Å². The third kappa shape index (κ3) is 1.45. The molecule has 0 saturated heterocycles. The highest BCUT2D eigenvalue weighted by Gasteiger charge is 2.12. The molecule has 3 rings (SSSR count). The van der Waals surface area contributed by atoms with Crippen LogP contribution in [0.15, 0.2) is 66.0 Å². The van der Waals surface area contributed by atoms with Crippen LogP contribution in [0.2, 0.25) is 0 Å². The van der Waals surface area contributed by atoms with Crippen LogP contribution in [0.5, 0.6) is 0 Å². The molecular formula is C14H11Si. The molecule has 2 aromatic carbocycles. The van der Waals surface area contributed by atoms with Gasteiger partial charge in [-0.3, -0.25) is 0 Å². The van der Waals surface area contributed by atoms with Gasteiger partial charge >= 0.3 is 0 Å². The lowest BCUT2D eigenvalue weighted by atomic mass is 10.1. The Morgan fingerprint density at radius 1 is 0.733 bits per heavy atom. The first-order chi connectivity index (χ1) is 7.45. The van der Waals surface area contributed by atoms with Crippen LogP contribution < -0.4 is 5.19 Å². The van der Waals surface area contributed by atoms with Crippen molar-refractivity contribution in [3.8, 4) is 0 Å². The topological polar surface area (TPSA) is 0 Å². The average Bonchev–Trinajstić information content (AvgIpc) is 2.82. The monoisotopic (exact) mass is 207 g/mol. The Bertz CT molecular complexity index is 535. The van der Waals surface area contributed by atoms with Crippen molar-refractivity contribution in [3.05, 3.63) is 66.0 Å². The molecule has 2 aromatic rings. The molecule has 1 radical (unpaired) electrons. The van der Waals surface area contributed by atoms with E-state index in [0.717, 1.165) is 0 Å². The smallest absolute Gasteiger partial charge is 0.0877 e. The summed E-state index contributed by atoms with van der Waals surface area (Å²) in [6.45, 7) is 0. The van der Waals surface area contributed by atoms with Crippen molar-refractivity contribution in [1.82, 2.24) is 0 Å². The largest absolute Gasteiger partial charge is 0.140 e. The molecule has 1 aliphatic rings. The zero-order valence-electron chi connectivity index (χ0n) is 8.35. The Morgan fingerprint density at radius 3 is 2.33 bits per heavy atom. The predicted molar refractivity (Wildman–Crippen MR) is 67.6 cm³/mol. The van der Waals surface area contributed by atoms with Gasteiger partial charge in [-0.15, -0.1) is 0 Å². The SMILES string of the molecule is C1=C[Si](c2cccc3ccccc23)C=C1. The quantitative estimate of drug-likeness (QED) is 0.631. The molecule has 1 heterocycles. The maximum absolute atomic E-state index is 2.34. The fraction of sp³-hybridized carbons (Fsp3) is 0. The lowest BCUT2D eigenvalue weighted by Gasteiger charge is -2.08. The van der Waals surface area contributed by atoms with E-state index in [4.69, 9.17) is 0 Å². The van der Waals surface area contributed by atoms with Gasteiger partial charge in [0.05, 0.1) is 0 Å². The molecule has 0 atom stereocenters. The van der Waals surface area contributed by atoms with Crippen molar-refractivity contribution in [2.45, 2.75) is 0 Å². The van der Waals surface area contributed by atoms with Gasteiger partial charge in [0.15, 0.2) is 0 Å². The molecule has 0 nitrogen and oxygen atoms in total. The zero-order valence-corrected chi connectivity index (χ0v) is 9.35. The molecular weight excluding hydrogens is 196 g/mol. The van der Waals surface area contributed by atoms with E-state index < -0.39 is 8.80 Å². The fourth-order valence-electron chi connectivity index (χ4n) is 2.03. The number of hydrogen-bond donors (Lipinski definition) is 0. The summed E-state index contributed by atoms with van der Waals surface area (Å²) >= 11 is 0. The normalized spacial score (nSPS) is 15.2. The second kappa shape index (κ2) is 3.52. The predicted octanol–water partition coefficient (Wildman–Crippen LogP) is 2.75. The fourth-order valence-corrected chi connectivity index (χ4v) is 3.97. The van der Waals surface area contributed by atoms with E-state index in [1.807, 2.05) is 0 Å². The number of hydrogen-bond acceptors (Lipinski definition) is 0. The molecule has 0 aliphatic carbocycles. The molecule has 0 amide bonds. The maximum atomic E-state index is 2.34. The van der Waals surface area contributed by atoms with Crippen LogP contribution in [-0.2, 0) is 0 Å². The van der Waals surface area contributed by atoms with Crippen molar-refractivity contribution in [2.75, 3.05) is 0 Å².